The summed E-state index contributed by atoms with van der Waals surface area (Å²) in [7, 11) is 1.58. The number of ether oxygens (including phenoxy) is 1. The Labute approximate surface area is 181 Å². The maximum Gasteiger partial charge on any atom is 0.271 e. The molecule has 0 saturated carbocycles. The van der Waals surface area contributed by atoms with Gasteiger partial charge in [-0.3, -0.25) is 4.79 Å². The molecule has 1 amide bonds. The standard InChI is InChI=1S/C25H28N2O4/c1-25(2,3)19-13-21-22(17-7-5-6-8-20(17)31-21)18(23(19)28)14-26-27-24(29)15-9-11-16(30-4)12-10-15/h9-14,28H,5-8H2,1-4H3,(H,27,29)/b26-14-. The topological polar surface area (TPSA) is 84.1 Å². The van der Waals surface area contributed by atoms with Crippen molar-refractivity contribution in [1.82, 2.24) is 5.43 Å². The number of hydrogen-bond donors (Lipinski definition) is 2. The Balaban J connectivity index is 1.71. The Morgan fingerprint density at radius 2 is 1.90 bits per heavy atom. The van der Waals surface area contributed by atoms with Crippen molar-refractivity contribution in [2.45, 2.75) is 51.9 Å². The number of nitrogens with zero attached hydrogens (tertiary/aromatic N) is 1. The second-order valence-electron chi connectivity index (χ2n) is 8.95. The van der Waals surface area contributed by atoms with Crippen LogP contribution in [-0.4, -0.2) is 24.3 Å². The van der Waals surface area contributed by atoms with E-state index in [-0.39, 0.29) is 17.1 Å². The van der Waals surface area contributed by atoms with Gasteiger partial charge in [0.1, 0.15) is 22.8 Å². The largest absolute Gasteiger partial charge is 0.507 e. The van der Waals surface area contributed by atoms with E-state index in [1.165, 1.54) is 6.21 Å². The predicted molar refractivity (Wildman–Crippen MR) is 121 cm³/mol. The van der Waals surface area contributed by atoms with Gasteiger partial charge in [-0.25, -0.2) is 5.43 Å². The van der Waals surface area contributed by atoms with Crippen LogP contribution in [0, 0.1) is 0 Å². The molecule has 31 heavy (non-hydrogen) atoms. The first kappa shape index (κ1) is 21.0. The summed E-state index contributed by atoms with van der Waals surface area (Å²) >= 11 is 0. The summed E-state index contributed by atoms with van der Waals surface area (Å²) in [6.07, 6.45) is 5.54. The van der Waals surface area contributed by atoms with Gasteiger partial charge in [-0.2, -0.15) is 5.10 Å². The molecule has 2 N–H and O–H groups in total. The Kier molecular flexibility index (Phi) is 5.48. The molecule has 1 aliphatic rings. The first-order valence-corrected chi connectivity index (χ1v) is 10.6. The lowest BCUT2D eigenvalue weighted by molar-refractivity contribution is 0.0955. The molecule has 1 aromatic heterocycles. The van der Waals surface area contributed by atoms with Crippen LogP contribution >= 0.6 is 0 Å². The number of furan rings is 1. The van der Waals surface area contributed by atoms with E-state index >= 15 is 0 Å². The van der Waals surface area contributed by atoms with Gasteiger partial charge in [0.15, 0.2) is 0 Å². The first-order chi connectivity index (χ1) is 14.8. The normalized spacial score (nSPS) is 14.1. The predicted octanol–water partition coefficient (Wildman–Crippen LogP) is 5.09. The zero-order valence-electron chi connectivity index (χ0n) is 18.4. The molecule has 0 radical (unpaired) electrons. The highest BCUT2D eigenvalue weighted by atomic mass is 16.5. The van der Waals surface area contributed by atoms with Gasteiger partial charge >= 0.3 is 0 Å². The third kappa shape index (κ3) is 4.02. The van der Waals surface area contributed by atoms with Crippen LogP contribution in [0.4, 0.5) is 0 Å². The number of phenols is 1. The number of methoxy groups -OCH3 is 1. The van der Waals surface area contributed by atoms with Gasteiger partial charge in [0.25, 0.3) is 5.91 Å². The highest BCUT2D eigenvalue weighted by Gasteiger charge is 2.27. The fourth-order valence-electron chi connectivity index (χ4n) is 4.11. The van der Waals surface area contributed by atoms with Crippen molar-refractivity contribution in [3.05, 3.63) is 58.3 Å². The molecule has 0 bridgehead atoms. The molecule has 0 aliphatic heterocycles. The van der Waals surface area contributed by atoms with Gasteiger partial charge in [-0.05, 0) is 55.0 Å². The fraction of sp³-hybridized carbons (Fsp3) is 0.360. The third-order valence-electron chi connectivity index (χ3n) is 5.77. The summed E-state index contributed by atoms with van der Waals surface area (Å²) in [6.45, 7) is 6.13. The molecule has 1 heterocycles. The summed E-state index contributed by atoms with van der Waals surface area (Å²) < 4.78 is 11.3. The second-order valence-corrected chi connectivity index (χ2v) is 8.95. The summed E-state index contributed by atoms with van der Waals surface area (Å²) in [4.78, 5) is 12.4. The van der Waals surface area contributed by atoms with Crippen LogP contribution in [0.2, 0.25) is 0 Å². The number of hydrogen-bond acceptors (Lipinski definition) is 5. The number of hydrazone groups is 1. The van der Waals surface area contributed by atoms with Crippen LogP contribution in [0.5, 0.6) is 11.5 Å². The molecule has 3 aromatic rings. The number of amides is 1. The number of nitrogens with one attached hydrogen (secondary N) is 1. The average molecular weight is 421 g/mol. The maximum absolute atomic E-state index is 12.4. The van der Waals surface area contributed by atoms with Gasteiger partial charge in [-0.15, -0.1) is 0 Å². The Morgan fingerprint density at radius 1 is 1.19 bits per heavy atom. The highest BCUT2D eigenvalue weighted by molar-refractivity contribution is 6.04. The molecule has 162 valence electrons. The Bertz CT molecular complexity index is 1150. The van der Waals surface area contributed by atoms with E-state index in [1.54, 1.807) is 31.4 Å². The number of carbonyl (C=O) groups is 1. The highest BCUT2D eigenvalue weighted by Crippen LogP contribution is 2.42. The molecule has 6 nitrogen and oxygen atoms in total. The summed E-state index contributed by atoms with van der Waals surface area (Å²) in [5.41, 5.74) is 6.02. The number of rotatable bonds is 4. The minimum Gasteiger partial charge on any atom is -0.507 e. The fourth-order valence-corrected chi connectivity index (χ4v) is 4.11. The van der Waals surface area contributed by atoms with E-state index in [4.69, 9.17) is 9.15 Å². The van der Waals surface area contributed by atoms with E-state index < -0.39 is 0 Å². The summed E-state index contributed by atoms with van der Waals surface area (Å²) in [5, 5.41) is 16.2. The van der Waals surface area contributed by atoms with Crippen molar-refractivity contribution in [1.29, 1.82) is 0 Å². The van der Waals surface area contributed by atoms with Crippen LogP contribution in [0.25, 0.3) is 11.0 Å². The molecule has 0 unspecified atom stereocenters. The molecule has 4 rings (SSSR count). The van der Waals surface area contributed by atoms with Crippen molar-refractivity contribution in [2.75, 3.05) is 7.11 Å². The zero-order valence-corrected chi connectivity index (χ0v) is 18.4. The van der Waals surface area contributed by atoms with Crippen LogP contribution in [0.1, 0.15) is 66.4 Å². The van der Waals surface area contributed by atoms with Gasteiger partial charge in [0, 0.05) is 34.1 Å². The minimum atomic E-state index is -0.337. The maximum atomic E-state index is 12.4. The van der Waals surface area contributed by atoms with Gasteiger partial charge in [-0.1, -0.05) is 20.8 Å². The lowest BCUT2D eigenvalue weighted by atomic mass is 9.83. The smallest absolute Gasteiger partial charge is 0.271 e. The van der Waals surface area contributed by atoms with E-state index in [2.05, 4.69) is 10.5 Å². The number of aryl methyl sites for hydroxylation is 2. The van der Waals surface area contributed by atoms with Gasteiger partial charge in [0.05, 0.1) is 13.3 Å². The molecular weight excluding hydrogens is 392 g/mol. The van der Waals surface area contributed by atoms with E-state index in [0.29, 0.717) is 16.9 Å². The minimum absolute atomic E-state index is 0.177. The average Bonchev–Trinajstić information content (AvgIpc) is 3.12. The van der Waals surface area contributed by atoms with Crippen LogP contribution < -0.4 is 10.2 Å². The third-order valence-corrected chi connectivity index (χ3v) is 5.77. The van der Waals surface area contributed by atoms with Crippen LogP contribution in [0.3, 0.4) is 0 Å². The number of aromatic hydroxyl groups is 1. The monoisotopic (exact) mass is 420 g/mol. The molecule has 1 aliphatic carbocycles. The Hall–Kier alpha value is -3.28. The summed E-state index contributed by atoms with van der Waals surface area (Å²) in [6, 6.07) is 8.73. The number of fused-ring (bicyclic) bond motifs is 3. The zero-order chi connectivity index (χ0) is 22.2. The van der Waals surface area contributed by atoms with Crippen molar-refractivity contribution < 1.29 is 19.1 Å². The second kappa shape index (κ2) is 8.10. The van der Waals surface area contributed by atoms with Gasteiger partial charge < -0.3 is 14.3 Å². The SMILES string of the molecule is COc1ccc(C(=O)N/N=C\c2c(O)c(C(C)(C)C)cc3oc4c(c23)CCCC4)cc1. The van der Waals surface area contributed by atoms with Crippen LogP contribution in [-0.2, 0) is 18.3 Å². The Morgan fingerprint density at radius 3 is 2.58 bits per heavy atom. The molecule has 2 aromatic carbocycles. The van der Waals surface area contributed by atoms with Crippen LogP contribution in [0.15, 0.2) is 39.9 Å². The molecule has 0 saturated heterocycles. The van der Waals surface area contributed by atoms with Crippen molar-refractivity contribution >= 4 is 23.1 Å². The molecule has 0 spiro atoms. The molecule has 0 atom stereocenters. The quantitative estimate of drug-likeness (QED) is 0.455. The number of benzene rings is 2. The molecular formula is C25H28N2O4. The van der Waals surface area contributed by atoms with E-state index in [1.807, 2.05) is 26.8 Å². The van der Waals surface area contributed by atoms with E-state index in [9.17, 15) is 9.90 Å². The van der Waals surface area contributed by atoms with Gasteiger partial charge in [0.2, 0.25) is 0 Å². The molecule has 0 fully saturated rings. The number of carbonyl (C=O) groups excluding carboxylic acids is 1. The lowest BCUT2D eigenvalue weighted by Crippen LogP contribution is -2.17. The first-order valence-electron chi connectivity index (χ1n) is 10.6. The molecule has 6 heteroatoms. The van der Waals surface area contributed by atoms with E-state index in [0.717, 1.165) is 53.5 Å². The lowest BCUT2D eigenvalue weighted by Gasteiger charge is -2.21. The number of phenolic OH excluding ortho intramolecular Hbond substituents is 1. The van der Waals surface area contributed by atoms with Crippen molar-refractivity contribution in [3.63, 3.8) is 0 Å². The van der Waals surface area contributed by atoms with Crippen molar-refractivity contribution in [2.24, 2.45) is 5.10 Å². The summed E-state index contributed by atoms with van der Waals surface area (Å²) in [5.74, 6) is 1.51. The van der Waals surface area contributed by atoms with Crippen molar-refractivity contribution in [3.8, 4) is 11.5 Å².